The van der Waals surface area contributed by atoms with Crippen LogP contribution in [0.5, 0.6) is 0 Å². The van der Waals surface area contributed by atoms with Crippen LogP contribution in [0.3, 0.4) is 0 Å². The Kier molecular flexibility index (Phi) is 5.68. The summed E-state index contributed by atoms with van der Waals surface area (Å²) in [7, 11) is 0. The molecule has 0 radical (unpaired) electrons. The maximum atomic E-state index is 8.83. The standard InChI is InChI=1S/C15H21BrN2/c1-10(2)13(11(3)4)9-18-15-6-5-12(8-17)7-14(15)16/h5-7,10-11,13,18H,9H2,1-4H3. The highest BCUT2D eigenvalue weighted by atomic mass is 79.9. The van der Waals surface area contributed by atoms with Gasteiger partial charge in [0.25, 0.3) is 0 Å². The maximum Gasteiger partial charge on any atom is 0.0992 e. The van der Waals surface area contributed by atoms with E-state index in [9.17, 15) is 0 Å². The van der Waals surface area contributed by atoms with Gasteiger partial charge in [0.1, 0.15) is 0 Å². The number of anilines is 1. The molecule has 0 unspecified atom stereocenters. The van der Waals surface area contributed by atoms with E-state index in [4.69, 9.17) is 5.26 Å². The molecule has 98 valence electrons. The lowest BCUT2D eigenvalue weighted by molar-refractivity contribution is 0.304. The molecule has 0 bridgehead atoms. The van der Waals surface area contributed by atoms with Crippen molar-refractivity contribution in [3.8, 4) is 6.07 Å². The molecule has 0 aliphatic heterocycles. The highest BCUT2D eigenvalue weighted by Gasteiger charge is 2.17. The van der Waals surface area contributed by atoms with E-state index in [0.717, 1.165) is 16.7 Å². The summed E-state index contributed by atoms with van der Waals surface area (Å²) in [6.07, 6.45) is 0. The van der Waals surface area contributed by atoms with Crippen LogP contribution in [0.2, 0.25) is 0 Å². The molecule has 0 aromatic heterocycles. The first-order valence-corrected chi connectivity index (χ1v) is 7.18. The molecule has 3 heteroatoms. The smallest absolute Gasteiger partial charge is 0.0992 e. The summed E-state index contributed by atoms with van der Waals surface area (Å²) in [5.41, 5.74) is 1.73. The molecule has 0 heterocycles. The van der Waals surface area contributed by atoms with Crippen LogP contribution in [0.15, 0.2) is 22.7 Å². The normalized spacial score (nSPS) is 11.1. The summed E-state index contributed by atoms with van der Waals surface area (Å²) in [5, 5.41) is 12.3. The minimum absolute atomic E-state index is 0.646. The first-order valence-electron chi connectivity index (χ1n) is 6.39. The fourth-order valence-corrected chi connectivity index (χ4v) is 2.72. The molecule has 0 aliphatic rings. The van der Waals surface area contributed by atoms with Crippen LogP contribution in [-0.2, 0) is 0 Å². The fraction of sp³-hybridized carbons (Fsp3) is 0.533. The van der Waals surface area contributed by atoms with Gasteiger partial charge in [0.15, 0.2) is 0 Å². The molecule has 0 atom stereocenters. The van der Waals surface area contributed by atoms with Gasteiger partial charge in [-0.3, -0.25) is 0 Å². The van der Waals surface area contributed by atoms with Crippen molar-refractivity contribution in [2.75, 3.05) is 11.9 Å². The number of halogens is 1. The van der Waals surface area contributed by atoms with Gasteiger partial charge in [-0.2, -0.15) is 5.26 Å². The molecule has 2 nitrogen and oxygen atoms in total. The lowest BCUT2D eigenvalue weighted by Gasteiger charge is -2.25. The lowest BCUT2D eigenvalue weighted by atomic mass is 9.85. The van der Waals surface area contributed by atoms with Crippen molar-refractivity contribution in [3.05, 3.63) is 28.2 Å². The van der Waals surface area contributed by atoms with Gasteiger partial charge < -0.3 is 5.32 Å². The van der Waals surface area contributed by atoms with E-state index >= 15 is 0 Å². The summed E-state index contributed by atoms with van der Waals surface area (Å²) in [5.74, 6) is 1.97. The summed E-state index contributed by atoms with van der Waals surface area (Å²) in [6, 6.07) is 7.79. The second-order valence-electron chi connectivity index (χ2n) is 5.34. The molecule has 1 aromatic rings. The summed E-state index contributed by atoms with van der Waals surface area (Å²) >= 11 is 3.50. The number of nitriles is 1. The molecule has 0 spiro atoms. The molecular formula is C15H21BrN2. The molecule has 18 heavy (non-hydrogen) atoms. The Bertz CT molecular complexity index is 425. The van der Waals surface area contributed by atoms with Crippen molar-refractivity contribution in [3.63, 3.8) is 0 Å². The highest BCUT2D eigenvalue weighted by molar-refractivity contribution is 9.10. The van der Waals surface area contributed by atoms with Gasteiger partial charge in [-0.15, -0.1) is 0 Å². The minimum atomic E-state index is 0.646. The third-order valence-corrected chi connectivity index (χ3v) is 4.00. The number of hydrogen-bond donors (Lipinski definition) is 1. The SMILES string of the molecule is CC(C)C(CNc1ccc(C#N)cc1Br)C(C)C. The van der Waals surface area contributed by atoms with Gasteiger partial charge in [-0.25, -0.2) is 0 Å². The molecule has 1 aromatic carbocycles. The van der Waals surface area contributed by atoms with Crippen LogP contribution in [0.4, 0.5) is 5.69 Å². The number of rotatable bonds is 5. The number of nitrogens with zero attached hydrogens (tertiary/aromatic N) is 1. The lowest BCUT2D eigenvalue weighted by Crippen LogP contribution is -2.24. The van der Waals surface area contributed by atoms with Crippen molar-refractivity contribution < 1.29 is 0 Å². The first-order chi connectivity index (χ1) is 8.45. The zero-order valence-electron chi connectivity index (χ0n) is 11.5. The Morgan fingerprint density at radius 3 is 2.28 bits per heavy atom. The van der Waals surface area contributed by atoms with Crippen LogP contribution in [0.1, 0.15) is 33.3 Å². The molecule has 1 rings (SSSR count). The van der Waals surface area contributed by atoms with Crippen LogP contribution in [0, 0.1) is 29.1 Å². The van der Waals surface area contributed by atoms with Crippen molar-refractivity contribution in [1.29, 1.82) is 5.26 Å². The second kappa shape index (κ2) is 6.80. The molecule has 0 aliphatic carbocycles. The Hall–Kier alpha value is -1.01. The maximum absolute atomic E-state index is 8.83. The average Bonchev–Trinajstić information content (AvgIpc) is 2.30. The Morgan fingerprint density at radius 2 is 1.83 bits per heavy atom. The largest absolute Gasteiger partial charge is 0.384 e. The van der Waals surface area contributed by atoms with Crippen LogP contribution < -0.4 is 5.32 Å². The zero-order valence-corrected chi connectivity index (χ0v) is 13.1. The van der Waals surface area contributed by atoms with E-state index in [1.807, 2.05) is 18.2 Å². The quantitative estimate of drug-likeness (QED) is 0.858. The molecule has 1 N–H and O–H groups in total. The second-order valence-corrected chi connectivity index (χ2v) is 6.19. The third kappa shape index (κ3) is 4.03. The molecule has 0 saturated carbocycles. The Balaban J connectivity index is 2.71. The minimum Gasteiger partial charge on any atom is -0.384 e. The monoisotopic (exact) mass is 308 g/mol. The van der Waals surface area contributed by atoms with Gasteiger partial charge >= 0.3 is 0 Å². The van der Waals surface area contributed by atoms with E-state index in [1.54, 1.807) is 0 Å². The fourth-order valence-electron chi connectivity index (χ4n) is 2.20. The zero-order chi connectivity index (χ0) is 13.7. The summed E-state index contributed by atoms with van der Waals surface area (Å²) in [4.78, 5) is 0. The summed E-state index contributed by atoms with van der Waals surface area (Å²) in [6.45, 7) is 10.0. The predicted octanol–water partition coefficient (Wildman–Crippen LogP) is 4.66. The molecule has 0 saturated heterocycles. The van der Waals surface area contributed by atoms with Gasteiger partial charge in [0.05, 0.1) is 11.6 Å². The van der Waals surface area contributed by atoms with Gasteiger partial charge in [0, 0.05) is 16.7 Å². The van der Waals surface area contributed by atoms with Gasteiger partial charge in [0.2, 0.25) is 0 Å². The number of hydrogen-bond acceptors (Lipinski definition) is 2. The van der Waals surface area contributed by atoms with Crippen LogP contribution in [-0.4, -0.2) is 6.54 Å². The number of benzene rings is 1. The molecular weight excluding hydrogens is 288 g/mol. The van der Waals surface area contributed by atoms with E-state index in [-0.39, 0.29) is 0 Å². The van der Waals surface area contributed by atoms with Crippen molar-refractivity contribution in [2.24, 2.45) is 17.8 Å². The van der Waals surface area contributed by atoms with Gasteiger partial charge in [-0.1, -0.05) is 27.7 Å². The first kappa shape index (κ1) is 15.0. The van der Waals surface area contributed by atoms with Gasteiger partial charge in [-0.05, 0) is 51.9 Å². The van der Waals surface area contributed by atoms with Crippen molar-refractivity contribution in [2.45, 2.75) is 27.7 Å². The van der Waals surface area contributed by atoms with E-state index < -0.39 is 0 Å². The number of nitrogens with one attached hydrogen (secondary N) is 1. The van der Waals surface area contributed by atoms with E-state index in [2.05, 4.69) is 55.0 Å². The summed E-state index contributed by atoms with van der Waals surface area (Å²) < 4.78 is 0.952. The Labute approximate surface area is 119 Å². The van der Waals surface area contributed by atoms with Crippen molar-refractivity contribution >= 4 is 21.6 Å². The topological polar surface area (TPSA) is 35.8 Å². The van der Waals surface area contributed by atoms with Crippen molar-refractivity contribution in [1.82, 2.24) is 0 Å². The van der Waals surface area contributed by atoms with Crippen LogP contribution >= 0.6 is 15.9 Å². The highest BCUT2D eigenvalue weighted by Crippen LogP contribution is 2.26. The molecule has 0 fully saturated rings. The third-order valence-electron chi connectivity index (χ3n) is 3.34. The predicted molar refractivity (Wildman–Crippen MR) is 80.5 cm³/mol. The van der Waals surface area contributed by atoms with Crippen LogP contribution in [0.25, 0.3) is 0 Å². The molecule has 0 amide bonds. The van der Waals surface area contributed by atoms with E-state index in [0.29, 0.717) is 23.3 Å². The average molecular weight is 309 g/mol. The Morgan fingerprint density at radius 1 is 1.22 bits per heavy atom. The van der Waals surface area contributed by atoms with E-state index in [1.165, 1.54) is 0 Å².